The molecule has 0 spiro atoms. The summed E-state index contributed by atoms with van der Waals surface area (Å²) >= 11 is 8.16. The zero-order valence-electron chi connectivity index (χ0n) is 20.3. The second-order valence-electron chi connectivity index (χ2n) is 8.76. The minimum absolute atomic E-state index is 0.102. The van der Waals surface area contributed by atoms with Crippen molar-refractivity contribution >= 4 is 33.7 Å². The molecule has 0 aromatic heterocycles. The maximum absolute atomic E-state index is 6.26. The molecule has 0 amide bonds. The Labute approximate surface area is 223 Å². The van der Waals surface area contributed by atoms with Gasteiger partial charge in [0.05, 0.1) is 14.2 Å². The van der Waals surface area contributed by atoms with Crippen molar-refractivity contribution in [2.75, 3.05) is 14.2 Å². The SMILES string of the molecule is COc1ccc(C(=S)C2C(c3ccccc3)C=C(c3ccc(OC)cc3)SC2c2ccccc2)cc1. The number of thiocarbonyl (C=S) groups is 1. The smallest absolute Gasteiger partial charge is 0.118 e. The van der Waals surface area contributed by atoms with Crippen LogP contribution < -0.4 is 9.47 Å². The van der Waals surface area contributed by atoms with Crippen molar-refractivity contribution < 1.29 is 9.47 Å². The summed E-state index contributed by atoms with van der Waals surface area (Å²) in [6.07, 6.45) is 2.40. The molecule has 5 rings (SSSR count). The van der Waals surface area contributed by atoms with Crippen LogP contribution in [-0.4, -0.2) is 19.1 Å². The van der Waals surface area contributed by atoms with Crippen LogP contribution in [0.15, 0.2) is 115 Å². The third-order valence-corrected chi connectivity index (χ3v) is 8.62. The van der Waals surface area contributed by atoms with Crippen LogP contribution in [0.25, 0.3) is 4.91 Å². The van der Waals surface area contributed by atoms with E-state index in [-0.39, 0.29) is 17.1 Å². The molecule has 3 atom stereocenters. The Kier molecular flexibility index (Phi) is 7.55. The lowest BCUT2D eigenvalue weighted by Crippen LogP contribution is -2.28. The molecule has 0 saturated carbocycles. The Morgan fingerprint density at radius 3 is 1.75 bits per heavy atom. The van der Waals surface area contributed by atoms with Gasteiger partial charge in [0, 0.05) is 26.9 Å². The maximum Gasteiger partial charge on any atom is 0.118 e. The average Bonchev–Trinajstić information content (AvgIpc) is 2.97. The molecule has 4 aromatic carbocycles. The van der Waals surface area contributed by atoms with Gasteiger partial charge in [-0.05, 0) is 46.5 Å². The Morgan fingerprint density at radius 2 is 1.19 bits per heavy atom. The second kappa shape index (κ2) is 11.2. The van der Waals surface area contributed by atoms with E-state index >= 15 is 0 Å². The van der Waals surface area contributed by atoms with E-state index in [1.54, 1.807) is 14.2 Å². The normalized spacial score (nSPS) is 19.3. The third-order valence-electron chi connectivity index (χ3n) is 6.66. The fraction of sp³-hybridized carbons (Fsp3) is 0.156. The van der Waals surface area contributed by atoms with Crippen LogP contribution in [-0.2, 0) is 0 Å². The summed E-state index contributed by atoms with van der Waals surface area (Å²) in [4.78, 5) is 2.23. The molecule has 4 heteroatoms. The molecule has 0 saturated heterocycles. The fourth-order valence-electron chi connectivity index (χ4n) is 4.77. The summed E-state index contributed by atoms with van der Waals surface area (Å²) in [5, 5.41) is 0.160. The number of thioether (sulfide) groups is 1. The number of ether oxygens (including phenoxy) is 2. The summed E-state index contributed by atoms with van der Waals surface area (Å²) in [5.74, 6) is 1.92. The highest BCUT2D eigenvalue weighted by molar-refractivity contribution is 8.08. The fourth-order valence-corrected chi connectivity index (χ4v) is 6.79. The van der Waals surface area contributed by atoms with E-state index in [0.29, 0.717) is 0 Å². The molecule has 0 aliphatic carbocycles. The minimum Gasteiger partial charge on any atom is -0.497 e. The number of benzene rings is 4. The van der Waals surface area contributed by atoms with Gasteiger partial charge in [0.1, 0.15) is 11.5 Å². The highest BCUT2D eigenvalue weighted by atomic mass is 32.2. The Balaban J connectivity index is 1.65. The Morgan fingerprint density at radius 1 is 0.667 bits per heavy atom. The summed E-state index contributed by atoms with van der Waals surface area (Å²) in [7, 11) is 3.39. The van der Waals surface area contributed by atoms with E-state index in [2.05, 4.69) is 91.0 Å². The zero-order chi connectivity index (χ0) is 24.9. The lowest BCUT2D eigenvalue weighted by molar-refractivity contribution is 0.414. The summed E-state index contributed by atoms with van der Waals surface area (Å²) in [6.45, 7) is 0. The van der Waals surface area contributed by atoms with Gasteiger partial charge in [0.25, 0.3) is 0 Å². The van der Waals surface area contributed by atoms with Crippen molar-refractivity contribution in [3.05, 3.63) is 138 Å². The van der Waals surface area contributed by atoms with Crippen molar-refractivity contribution in [3.63, 3.8) is 0 Å². The van der Waals surface area contributed by atoms with Crippen LogP contribution in [0, 0.1) is 5.92 Å². The summed E-state index contributed by atoms with van der Waals surface area (Å²) in [6, 6.07) is 38.0. The van der Waals surface area contributed by atoms with Crippen molar-refractivity contribution in [3.8, 4) is 11.5 Å². The van der Waals surface area contributed by atoms with Crippen molar-refractivity contribution in [2.45, 2.75) is 11.2 Å². The van der Waals surface area contributed by atoms with Crippen LogP contribution in [0.3, 0.4) is 0 Å². The Bertz CT molecular complexity index is 1330. The second-order valence-corrected chi connectivity index (χ2v) is 10.4. The van der Waals surface area contributed by atoms with Crippen LogP contribution in [0.2, 0.25) is 0 Å². The van der Waals surface area contributed by atoms with Gasteiger partial charge >= 0.3 is 0 Å². The van der Waals surface area contributed by atoms with Crippen molar-refractivity contribution in [2.24, 2.45) is 5.92 Å². The highest BCUT2D eigenvalue weighted by Gasteiger charge is 2.39. The lowest BCUT2D eigenvalue weighted by atomic mass is 9.77. The maximum atomic E-state index is 6.26. The van der Waals surface area contributed by atoms with Crippen LogP contribution in [0.5, 0.6) is 11.5 Å². The molecule has 1 heterocycles. The first-order chi connectivity index (χ1) is 17.7. The number of hydrogen-bond acceptors (Lipinski definition) is 4. The Hall–Kier alpha value is -3.34. The van der Waals surface area contributed by atoms with E-state index in [0.717, 1.165) is 21.9 Å². The molecule has 2 nitrogen and oxygen atoms in total. The van der Waals surface area contributed by atoms with Crippen molar-refractivity contribution in [1.29, 1.82) is 0 Å². The molecule has 0 N–H and O–H groups in total. The largest absolute Gasteiger partial charge is 0.497 e. The topological polar surface area (TPSA) is 18.5 Å². The molecule has 0 fully saturated rings. The molecular weight excluding hydrogens is 480 g/mol. The van der Waals surface area contributed by atoms with Gasteiger partial charge in [-0.15, -0.1) is 11.8 Å². The number of rotatable bonds is 7. The molecular formula is C32H28O2S2. The van der Waals surface area contributed by atoms with Crippen LogP contribution >= 0.6 is 24.0 Å². The summed E-state index contributed by atoms with van der Waals surface area (Å²) < 4.78 is 10.8. The minimum atomic E-state index is 0.102. The van der Waals surface area contributed by atoms with E-state index < -0.39 is 0 Å². The van der Waals surface area contributed by atoms with Crippen LogP contribution in [0.4, 0.5) is 0 Å². The van der Waals surface area contributed by atoms with Gasteiger partial charge < -0.3 is 9.47 Å². The first kappa shape index (κ1) is 24.4. The predicted molar refractivity (Wildman–Crippen MR) is 155 cm³/mol. The monoisotopic (exact) mass is 508 g/mol. The molecule has 0 bridgehead atoms. The number of methoxy groups -OCH3 is 2. The highest BCUT2D eigenvalue weighted by Crippen LogP contribution is 2.55. The molecule has 36 heavy (non-hydrogen) atoms. The van der Waals surface area contributed by atoms with Gasteiger partial charge in [-0.3, -0.25) is 0 Å². The van der Waals surface area contributed by atoms with E-state index in [9.17, 15) is 0 Å². The van der Waals surface area contributed by atoms with Crippen molar-refractivity contribution in [1.82, 2.24) is 0 Å². The lowest BCUT2D eigenvalue weighted by Gasteiger charge is -2.38. The average molecular weight is 509 g/mol. The summed E-state index contributed by atoms with van der Waals surface area (Å²) in [5.41, 5.74) is 4.81. The third kappa shape index (κ3) is 5.11. The van der Waals surface area contributed by atoms with Gasteiger partial charge in [-0.25, -0.2) is 0 Å². The van der Waals surface area contributed by atoms with E-state index in [1.165, 1.54) is 21.6 Å². The van der Waals surface area contributed by atoms with E-state index in [4.69, 9.17) is 21.7 Å². The number of hydrogen-bond donors (Lipinski definition) is 0. The first-order valence-electron chi connectivity index (χ1n) is 12.0. The van der Waals surface area contributed by atoms with Gasteiger partial charge in [-0.2, -0.15) is 0 Å². The first-order valence-corrected chi connectivity index (χ1v) is 13.3. The van der Waals surface area contributed by atoms with Gasteiger partial charge in [-0.1, -0.05) is 103 Å². The molecule has 1 aliphatic rings. The van der Waals surface area contributed by atoms with E-state index in [1.807, 2.05) is 36.0 Å². The number of allylic oxidation sites excluding steroid dienone is 1. The zero-order valence-corrected chi connectivity index (χ0v) is 22.0. The standard InChI is InChI=1S/C32H28O2S2/c1-33-26-17-13-23(14-18-26)29-21-28(22-9-5-3-6-10-22)30(32(36-29)25-11-7-4-8-12-25)31(35)24-15-19-27(34-2)20-16-24/h3-21,28,30,32H,1-2H3. The molecule has 1 aliphatic heterocycles. The van der Waals surface area contributed by atoms with Gasteiger partial charge in [0.15, 0.2) is 0 Å². The van der Waals surface area contributed by atoms with Crippen LogP contribution in [0.1, 0.15) is 33.4 Å². The quantitative estimate of drug-likeness (QED) is 0.184. The van der Waals surface area contributed by atoms with Gasteiger partial charge in [0.2, 0.25) is 0 Å². The predicted octanol–water partition coefficient (Wildman–Crippen LogP) is 8.35. The molecule has 4 aromatic rings. The molecule has 0 radical (unpaired) electrons. The molecule has 180 valence electrons. The molecule has 3 unspecified atom stereocenters.